The van der Waals surface area contributed by atoms with Gasteiger partial charge in [0.2, 0.25) is 0 Å². The van der Waals surface area contributed by atoms with Crippen molar-refractivity contribution in [3.63, 3.8) is 0 Å². The molecule has 0 aliphatic carbocycles. The molecule has 0 saturated carbocycles. The molecule has 4 nitrogen and oxygen atoms in total. The first-order valence-electron chi connectivity index (χ1n) is 3.04. The fourth-order valence-electron chi connectivity index (χ4n) is 0.803. The van der Waals surface area contributed by atoms with Crippen LogP contribution in [0.1, 0.15) is 13.8 Å². The average molecular weight is 168 g/mol. The predicted molar refractivity (Wildman–Crippen MR) is 35.7 cm³/mol. The van der Waals surface area contributed by atoms with Crippen LogP contribution in [-0.2, 0) is 14.3 Å². The first kappa shape index (κ1) is 11.4. The minimum absolute atomic E-state index is 0. The molecule has 0 spiro atoms. The number of rotatable bonds is 1. The minimum Gasteiger partial charge on any atom is -0.547 e. The molecule has 1 saturated heterocycles. The van der Waals surface area contributed by atoms with E-state index in [1.54, 1.807) is 13.8 Å². The van der Waals surface area contributed by atoms with Gasteiger partial charge in [0.15, 0.2) is 5.79 Å². The molecular formula is C6H9NaO4-. The summed E-state index contributed by atoms with van der Waals surface area (Å²) in [5, 5.41) is 10.2. The third-order valence-corrected chi connectivity index (χ3v) is 1.27. The molecule has 0 bridgehead atoms. The second-order valence-corrected chi connectivity index (χ2v) is 2.64. The molecule has 5 heteroatoms. The second kappa shape index (κ2) is 3.87. The summed E-state index contributed by atoms with van der Waals surface area (Å²) >= 11 is 0. The van der Waals surface area contributed by atoms with E-state index >= 15 is 0 Å². The first-order valence-corrected chi connectivity index (χ1v) is 3.04. The van der Waals surface area contributed by atoms with Gasteiger partial charge in [-0.05, 0) is 13.8 Å². The van der Waals surface area contributed by atoms with Gasteiger partial charge in [0.05, 0.1) is 12.6 Å². The van der Waals surface area contributed by atoms with Crippen LogP contribution >= 0.6 is 0 Å². The van der Waals surface area contributed by atoms with Gasteiger partial charge in [-0.2, -0.15) is 0 Å². The standard InChI is InChI=1S/C6H10O4.Na/c1-6(2)9-3-4(10-6)5(7)8;/h4H,3H2,1-2H3,(H,7,8);/p-1/t4-;/m0./s1. The Morgan fingerprint density at radius 3 is 2.36 bits per heavy atom. The Balaban J connectivity index is 0.000001000. The van der Waals surface area contributed by atoms with Crippen molar-refractivity contribution in [2.75, 3.05) is 6.61 Å². The van der Waals surface area contributed by atoms with E-state index in [0.717, 1.165) is 0 Å². The Hall–Kier alpha value is 0.390. The Labute approximate surface area is 87.2 Å². The normalized spacial score (nSPS) is 27.6. The van der Waals surface area contributed by atoms with Gasteiger partial charge in [-0.15, -0.1) is 0 Å². The van der Waals surface area contributed by atoms with Crippen LogP contribution in [0.25, 0.3) is 0 Å². The van der Waals surface area contributed by atoms with E-state index in [1.807, 2.05) is 0 Å². The van der Waals surface area contributed by atoms with Crippen LogP contribution in [0.5, 0.6) is 0 Å². The van der Waals surface area contributed by atoms with Gasteiger partial charge in [0.1, 0.15) is 6.10 Å². The molecule has 1 aliphatic heterocycles. The molecule has 0 aromatic carbocycles. The molecule has 0 amide bonds. The van der Waals surface area contributed by atoms with Crippen LogP contribution in [0.2, 0.25) is 0 Å². The molecule has 0 aromatic rings. The van der Waals surface area contributed by atoms with E-state index < -0.39 is 17.9 Å². The molecular weight excluding hydrogens is 159 g/mol. The summed E-state index contributed by atoms with van der Waals surface area (Å²) in [6.07, 6.45) is -0.907. The van der Waals surface area contributed by atoms with E-state index in [9.17, 15) is 9.90 Å². The zero-order valence-electron chi connectivity index (χ0n) is 6.92. The van der Waals surface area contributed by atoms with Crippen molar-refractivity contribution in [3.05, 3.63) is 0 Å². The van der Waals surface area contributed by atoms with Gasteiger partial charge in [0, 0.05) is 29.6 Å². The average Bonchev–Trinajstić information content (AvgIpc) is 2.10. The Morgan fingerprint density at radius 1 is 1.64 bits per heavy atom. The number of hydrogen-bond donors (Lipinski definition) is 0. The van der Waals surface area contributed by atoms with Crippen LogP contribution in [0.15, 0.2) is 0 Å². The third-order valence-electron chi connectivity index (χ3n) is 1.27. The maximum atomic E-state index is 10.2. The zero-order chi connectivity index (χ0) is 7.78. The largest absolute Gasteiger partial charge is 0.547 e. The van der Waals surface area contributed by atoms with E-state index in [1.165, 1.54) is 0 Å². The van der Waals surface area contributed by atoms with Crippen LogP contribution < -0.4 is 5.11 Å². The summed E-state index contributed by atoms with van der Waals surface area (Å²) in [7, 11) is 0. The number of carbonyl (C=O) groups is 1. The predicted octanol–water partition coefficient (Wildman–Crippen LogP) is -1.49. The molecule has 1 rings (SSSR count). The van der Waals surface area contributed by atoms with Gasteiger partial charge < -0.3 is 19.4 Å². The van der Waals surface area contributed by atoms with Crippen LogP contribution in [0, 0.1) is 0 Å². The van der Waals surface area contributed by atoms with E-state index in [0.29, 0.717) is 0 Å². The summed E-state index contributed by atoms with van der Waals surface area (Å²) in [5.74, 6) is -1.99. The van der Waals surface area contributed by atoms with Gasteiger partial charge in [-0.1, -0.05) is 0 Å². The minimum atomic E-state index is -1.22. The topological polar surface area (TPSA) is 58.6 Å². The van der Waals surface area contributed by atoms with Crippen molar-refractivity contribution in [2.45, 2.75) is 25.7 Å². The molecule has 11 heavy (non-hydrogen) atoms. The Bertz CT molecular complexity index is 157. The van der Waals surface area contributed by atoms with Crippen molar-refractivity contribution in [3.8, 4) is 0 Å². The molecule has 1 fully saturated rings. The van der Waals surface area contributed by atoms with Crippen molar-refractivity contribution in [2.24, 2.45) is 0 Å². The zero-order valence-corrected chi connectivity index (χ0v) is 8.92. The number of carboxylic acids is 1. The summed E-state index contributed by atoms with van der Waals surface area (Å²) in [4.78, 5) is 10.2. The summed E-state index contributed by atoms with van der Waals surface area (Å²) in [5.41, 5.74) is 0. The molecule has 1 atom stereocenters. The summed E-state index contributed by atoms with van der Waals surface area (Å²) < 4.78 is 9.90. The Kier molecular flexibility index (Phi) is 4.00. The maximum Gasteiger partial charge on any atom is 0.163 e. The molecule has 0 N–H and O–H groups in total. The molecule has 1 radical (unpaired) electrons. The number of hydrogen-bond acceptors (Lipinski definition) is 4. The van der Waals surface area contributed by atoms with Gasteiger partial charge in [-0.3, -0.25) is 0 Å². The molecule has 1 aliphatic rings. The number of carbonyl (C=O) groups excluding carboxylic acids is 1. The number of aliphatic carboxylic acids is 1. The van der Waals surface area contributed by atoms with E-state index in [4.69, 9.17) is 9.47 Å². The maximum absolute atomic E-state index is 10.2. The smallest absolute Gasteiger partial charge is 0.163 e. The molecule has 59 valence electrons. The molecule has 1 heterocycles. The summed E-state index contributed by atoms with van der Waals surface area (Å²) in [6.45, 7) is 3.40. The van der Waals surface area contributed by atoms with E-state index in [-0.39, 0.29) is 36.2 Å². The van der Waals surface area contributed by atoms with Crippen molar-refractivity contribution < 1.29 is 19.4 Å². The van der Waals surface area contributed by atoms with Crippen LogP contribution in [0.4, 0.5) is 0 Å². The SMILES string of the molecule is CC1(C)OC[C@@H](C(=O)[O-])O1.[Na]. The summed E-state index contributed by atoms with van der Waals surface area (Å²) in [6, 6.07) is 0. The first-order chi connectivity index (χ1) is 4.51. The van der Waals surface area contributed by atoms with E-state index in [2.05, 4.69) is 0 Å². The van der Waals surface area contributed by atoms with Gasteiger partial charge >= 0.3 is 0 Å². The Morgan fingerprint density at radius 2 is 2.18 bits per heavy atom. The monoisotopic (exact) mass is 168 g/mol. The number of carboxylic acid groups (broad SMARTS) is 1. The van der Waals surface area contributed by atoms with Crippen molar-refractivity contribution in [1.29, 1.82) is 0 Å². The van der Waals surface area contributed by atoms with Crippen LogP contribution in [0.3, 0.4) is 0 Å². The quantitative estimate of drug-likeness (QED) is 0.447. The van der Waals surface area contributed by atoms with Gasteiger partial charge in [0.25, 0.3) is 0 Å². The second-order valence-electron chi connectivity index (χ2n) is 2.64. The van der Waals surface area contributed by atoms with Crippen molar-refractivity contribution >= 4 is 35.5 Å². The number of ether oxygens (including phenoxy) is 2. The third kappa shape index (κ3) is 3.09. The fourth-order valence-corrected chi connectivity index (χ4v) is 0.803. The van der Waals surface area contributed by atoms with Crippen LogP contribution in [-0.4, -0.2) is 54.0 Å². The van der Waals surface area contributed by atoms with Gasteiger partial charge in [-0.25, -0.2) is 0 Å². The molecule has 0 unspecified atom stereocenters. The molecule has 0 aromatic heterocycles. The van der Waals surface area contributed by atoms with Crippen molar-refractivity contribution in [1.82, 2.24) is 0 Å². The fraction of sp³-hybridized carbons (Fsp3) is 0.833.